The van der Waals surface area contributed by atoms with Gasteiger partial charge in [-0.1, -0.05) is 32.3 Å². The Hall–Kier alpha value is -1.65. The topological polar surface area (TPSA) is 69.7 Å². The molecule has 118 valence electrons. The Bertz CT molecular complexity index is 408. The van der Waals surface area contributed by atoms with Crippen LogP contribution in [-0.4, -0.2) is 31.9 Å². The van der Waals surface area contributed by atoms with Crippen LogP contribution in [0.2, 0.25) is 0 Å². The van der Waals surface area contributed by atoms with E-state index in [1.165, 1.54) is 14.2 Å². The van der Waals surface area contributed by atoms with Crippen molar-refractivity contribution in [2.75, 3.05) is 14.2 Å². The quantitative estimate of drug-likeness (QED) is 0.391. The van der Waals surface area contributed by atoms with Crippen LogP contribution in [0.5, 0.6) is 0 Å². The van der Waals surface area contributed by atoms with Crippen LogP contribution in [0.25, 0.3) is 0 Å². The van der Waals surface area contributed by atoms with Crippen LogP contribution in [0.3, 0.4) is 0 Å². The summed E-state index contributed by atoms with van der Waals surface area (Å²) in [5, 5.41) is 0. The summed E-state index contributed by atoms with van der Waals surface area (Å²) in [6, 6.07) is 0. The Labute approximate surface area is 125 Å². The third-order valence-corrected chi connectivity index (χ3v) is 3.88. The summed E-state index contributed by atoms with van der Waals surface area (Å²) >= 11 is 0. The van der Waals surface area contributed by atoms with Gasteiger partial charge in [0, 0.05) is 5.92 Å². The maximum Gasteiger partial charge on any atom is 0.320 e. The number of methoxy groups -OCH3 is 2. The minimum atomic E-state index is -1.16. The number of esters is 2. The van der Waals surface area contributed by atoms with Gasteiger partial charge in [-0.05, 0) is 24.8 Å². The molecule has 0 heterocycles. The smallest absolute Gasteiger partial charge is 0.320 e. The van der Waals surface area contributed by atoms with Crippen molar-refractivity contribution >= 4 is 17.7 Å². The van der Waals surface area contributed by atoms with Crippen LogP contribution >= 0.6 is 0 Å². The fourth-order valence-electron chi connectivity index (χ4n) is 2.65. The Balaban J connectivity index is 2.67. The summed E-state index contributed by atoms with van der Waals surface area (Å²) in [7, 11) is 2.41. The first kappa shape index (κ1) is 17.4. The minimum absolute atomic E-state index is 0.118. The lowest BCUT2D eigenvalue weighted by Gasteiger charge is -2.18. The van der Waals surface area contributed by atoms with E-state index in [4.69, 9.17) is 0 Å². The second-order valence-electron chi connectivity index (χ2n) is 5.27. The van der Waals surface area contributed by atoms with Crippen molar-refractivity contribution in [1.29, 1.82) is 0 Å². The molecule has 1 rings (SSSR count). The van der Waals surface area contributed by atoms with Crippen molar-refractivity contribution in [3.05, 3.63) is 11.6 Å². The molecule has 0 fully saturated rings. The molecule has 0 radical (unpaired) electrons. The molecule has 1 unspecified atom stereocenters. The van der Waals surface area contributed by atoms with Crippen molar-refractivity contribution in [3.63, 3.8) is 0 Å². The van der Waals surface area contributed by atoms with Crippen LogP contribution in [0.4, 0.5) is 0 Å². The molecule has 0 bridgehead atoms. The van der Waals surface area contributed by atoms with Crippen molar-refractivity contribution in [2.45, 2.75) is 45.4 Å². The highest BCUT2D eigenvalue weighted by Crippen LogP contribution is 2.32. The number of allylic oxidation sites excluding steroid dienone is 2. The molecule has 0 amide bonds. The van der Waals surface area contributed by atoms with Crippen LogP contribution < -0.4 is 0 Å². The van der Waals surface area contributed by atoms with Gasteiger partial charge in [-0.25, -0.2) is 0 Å². The molecular formula is C16H24O5. The number of hydrogen-bond acceptors (Lipinski definition) is 5. The number of carbonyl (C=O) groups is 3. The van der Waals surface area contributed by atoms with Gasteiger partial charge in [-0.15, -0.1) is 0 Å². The Kier molecular flexibility index (Phi) is 7.12. The molecule has 21 heavy (non-hydrogen) atoms. The third-order valence-electron chi connectivity index (χ3n) is 3.88. The maximum absolute atomic E-state index is 12.4. The molecule has 0 aromatic carbocycles. The van der Waals surface area contributed by atoms with E-state index in [-0.39, 0.29) is 5.78 Å². The molecule has 0 aromatic rings. The highest BCUT2D eigenvalue weighted by atomic mass is 16.5. The van der Waals surface area contributed by atoms with Crippen molar-refractivity contribution < 1.29 is 23.9 Å². The number of Topliss-reactive ketones (excluding diaryl/α,β-unsaturated/α-hetero) is 1. The SMILES string of the molecule is CCCCCCC1=CCC(C(C(=O)OC)C(=O)OC)C1=O. The summed E-state index contributed by atoms with van der Waals surface area (Å²) in [4.78, 5) is 35.9. The highest BCUT2D eigenvalue weighted by Gasteiger charge is 2.43. The van der Waals surface area contributed by atoms with E-state index in [1.54, 1.807) is 0 Å². The van der Waals surface area contributed by atoms with E-state index in [9.17, 15) is 14.4 Å². The molecule has 5 heteroatoms. The van der Waals surface area contributed by atoms with Gasteiger partial charge in [-0.2, -0.15) is 0 Å². The first-order valence-electron chi connectivity index (χ1n) is 7.45. The van der Waals surface area contributed by atoms with Crippen LogP contribution in [0, 0.1) is 11.8 Å². The van der Waals surface area contributed by atoms with Gasteiger partial charge in [0.15, 0.2) is 11.7 Å². The van der Waals surface area contributed by atoms with Gasteiger partial charge in [0.2, 0.25) is 0 Å². The van der Waals surface area contributed by atoms with Crippen molar-refractivity contribution in [3.8, 4) is 0 Å². The minimum Gasteiger partial charge on any atom is -0.468 e. The first-order valence-corrected chi connectivity index (χ1v) is 7.45. The van der Waals surface area contributed by atoms with Crippen molar-refractivity contribution in [1.82, 2.24) is 0 Å². The van der Waals surface area contributed by atoms with Gasteiger partial charge in [0.1, 0.15) is 0 Å². The lowest BCUT2D eigenvalue weighted by Crippen LogP contribution is -2.36. The lowest BCUT2D eigenvalue weighted by molar-refractivity contribution is -0.163. The molecule has 0 N–H and O–H groups in total. The standard InChI is InChI=1S/C16H24O5/c1-4-5-6-7-8-11-9-10-12(14(11)17)13(15(18)20-2)16(19)21-3/h9,12-13H,4-8,10H2,1-3H3. The summed E-state index contributed by atoms with van der Waals surface area (Å²) in [5.74, 6) is -3.36. The molecule has 0 saturated carbocycles. The molecule has 0 spiro atoms. The van der Waals surface area contributed by atoms with Gasteiger partial charge < -0.3 is 9.47 Å². The van der Waals surface area contributed by atoms with Crippen molar-refractivity contribution in [2.24, 2.45) is 11.8 Å². The number of ketones is 1. The highest BCUT2D eigenvalue weighted by molar-refractivity contribution is 6.07. The Morgan fingerprint density at radius 2 is 1.81 bits per heavy atom. The molecule has 1 aliphatic carbocycles. The van der Waals surface area contributed by atoms with E-state index < -0.39 is 23.8 Å². The fourth-order valence-corrected chi connectivity index (χ4v) is 2.65. The molecule has 1 aliphatic rings. The Morgan fingerprint density at radius 3 is 2.33 bits per heavy atom. The lowest BCUT2D eigenvalue weighted by atomic mass is 9.87. The molecule has 5 nitrogen and oxygen atoms in total. The van der Waals surface area contributed by atoms with Crippen LogP contribution in [0.15, 0.2) is 11.6 Å². The van der Waals surface area contributed by atoms with E-state index in [0.717, 1.165) is 31.3 Å². The van der Waals surface area contributed by atoms with Crippen LogP contribution in [0.1, 0.15) is 45.4 Å². The Morgan fingerprint density at radius 1 is 1.19 bits per heavy atom. The summed E-state index contributed by atoms with van der Waals surface area (Å²) in [6.45, 7) is 2.13. The van der Waals surface area contributed by atoms with Gasteiger partial charge in [-0.3, -0.25) is 14.4 Å². The van der Waals surface area contributed by atoms with Gasteiger partial charge in [0.25, 0.3) is 0 Å². The fraction of sp³-hybridized carbons (Fsp3) is 0.688. The third kappa shape index (κ3) is 4.41. The second kappa shape index (κ2) is 8.60. The molecule has 0 saturated heterocycles. The second-order valence-corrected chi connectivity index (χ2v) is 5.27. The normalized spacial score (nSPS) is 17.8. The number of hydrogen-bond donors (Lipinski definition) is 0. The molecule has 1 atom stereocenters. The zero-order valence-electron chi connectivity index (χ0n) is 13.0. The van der Waals surface area contributed by atoms with E-state index in [1.807, 2.05) is 6.08 Å². The van der Waals surface area contributed by atoms with E-state index in [2.05, 4.69) is 16.4 Å². The predicted octanol–water partition coefficient (Wildman–Crippen LogP) is 2.43. The molecule has 0 aromatic heterocycles. The first-order chi connectivity index (χ1) is 10.1. The molecule has 0 aliphatic heterocycles. The zero-order chi connectivity index (χ0) is 15.8. The summed E-state index contributed by atoms with van der Waals surface area (Å²) in [5.41, 5.74) is 0.730. The average Bonchev–Trinajstić information content (AvgIpc) is 2.85. The van der Waals surface area contributed by atoms with Gasteiger partial charge in [0.05, 0.1) is 14.2 Å². The summed E-state index contributed by atoms with van der Waals surface area (Å²) in [6.07, 6.45) is 7.29. The van der Waals surface area contributed by atoms with Crippen LogP contribution in [-0.2, 0) is 23.9 Å². The number of unbranched alkanes of at least 4 members (excludes halogenated alkanes) is 3. The summed E-state index contributed by atoms with van der Waals surface area (Å²) < 4.78 is 9.26. The number of carbonyl (C=O) groups excluding carboxylic acids is 3. The average molecular weight is 296 g/mol. The number of ether oxygens (including phenoxy) is 2. The van der Waals surface area contributed by atoms with E-state index in [0.29, 0.717) is 12.8 Å². The zero-order valence-corrected chi connectivity index (χ0v) is 13.0. The van der Waals surface area contributed by atoms with Gasteiger partial charge >= 0.3 is 11.9 Å². The monoisotopic (exact) mass is 296 g/mol. The maximum atomic E-state index is 12.4. The molecular weight excluding hydrogens is 272 g/mol. The largest absolute Gasteiger partial charge is 0.468 e. The number of rotatable bonds is 8. The van der Waals surface area contributed by atoms with E-state index >= 15 is 0 Å². The predicted molar refractivity (Wildman–Crippen MR) is 77.5 cm³/mol.